The SMILES string of the molecule is CN(CCOc1cccc(Cl)c1C(=N)N)C1CC1. The molecule has 0 aliphatic heterocycles. The number of nitrogens with two attached hydrogens (primary N) is 1. The van der Waals surface area contributed by atoms with Crippen molar-refractivity contribution in [2.45, 2.75) is 18.9 Å². The highest BCUT2D eigenvalue weighted by molar-refractivity contribution is 6.34. The first-order valence-electron chi connectivity index (χ1n) is 6.05. The van der Waals surface area contributed by atoms with E-state index in [9.17, 15) is 0 Å². The first kappa shape index (κ1) is 13.2. The predicted molar refractivity (Wildman–Crippen MR) is 73.6 cm³/mol. The zero-order valence-corrected chi connectivity index (χ0v) is 11.2. The van der Waals surface area contributed by atoms with Crippen LogP contribution in [0.3, 0.4) is 0 Å². The lowest BCUT2D eigenvalue weighted by Gasteiger charge is -2.17. The van der Waals surface area contributed by atoms with Crippen molar-refractivity contribution < 1.29 is 4.74 Å². The van der Waals surface area contributed by atoms with Crippen molar-refractivity contribution in [3.05, 3.63) is 28.8 Å². The molecule has 98 valence electrons. The number of nitrogen functional groups attached to an aromatic ring is 1. The van der Waals surface area contributed by atoms with Gasteiger partial charge in [-0.3, -0.25) is 5.41 Å². The van der Waals surface area contributed by atoms with E-state index in [1.165, 1.54) is 12.8 Å². The van der Waals surface area contributed by atoms with Crippen molar-refractivity contribution in [3.8, 4) is 5.75 Å². The molecule has 1 fully saturated rings. The molecule has 1 aliphatic rings. The van der Waals surface area contributed by atoms with Crippen LogP contribution in [0.25, 0.3) is 0 Å². The van der Waals surface area contributed by atoms with Gasteiger partial charge in [0, 0.05) is 12.6 Å². The molecule has 0 bridgehead atoms. The van der Waals surface area contributed by atoms with Crippen LogP contribution < -0.4 is 10.5 Å². The Hall–Kier alpha value is -1.26. The highest BCUT2D eigenvalue weighted by atomic mass is 35.5. The molecular weight excluding hydrogens is 250 g/mol. The second-order valence-electron chi connectivity index (χ2n) is 4.59. The molecule has 2 rings (SSSR count). The first-order valence-corrected chi connectivity index (χ1v) is 6.43. The second-order valence-corrected chi connectivity index (χ2v) is 4.99. The number of ether oxygens (including phenoxy) is 1. The number of likely N-dealkylation sites (N-methyl/N-ethyl adjacent to an activating group) is 1. The smallest absolute Gasteiger partial charge is 0.131 e. The maximum absolute atomic E-state index is 7.52. The molecule has 4 nitrogen and oxygen atoms in total. The molecular formula is C13H18ClN3O. The monoisotopic (exact) mass is 267 g/mol. The summed E-state index contributed by atoms with van der Waals surface area (Å²) in [6, 6.07) is 6.02. The van der Waals surface area contributed by atoms with Gasteiger partial charge in [-0.05, 0) is 32.0 Å². The average Bonchev–Trinajstić information content (AvgIpc) is 3.12. The van der Waals surface area contributed by atoms with Gasteiger partial charge in [-0.1, -0.05) is 17.7 Å². The van der Waals surface area contributed by atoms with Gasteiger partial charge < -0.3 is 15.4 Å². The number of amidine groups is 1. The third kappa shape index (κ3) is 3.15. The van der Waals surface area contributed by atoms with E-state index < -0.39 is 0 Å². The summed E-state index contributed by atoms with van der Waals surface area (Å²) in [5.41, 5.74) is 5.99. The average molecular weight is 268 g/mol. The molecule has 0 spiro atoms. The summed E-state index contributed by atoms with van der Waals surface area (Å²) in [6.07, 6.45) is 2.57. The van der Waals surface area contributed by atoms with Gasteiger partial charge in [0.1, 0.15) is 18.2 Å². The summed E-state index contributed by atoms with van der Waals surface area (Å²) >= 11 is 6.02. The Balaban J connectivity index is 1.95. The van der Waals surface area contributed by atoms with Crippen LogP contribution in [0.2, 0.25) is 5.02 Å². The van der Waals surface area contributed by atoms with Gasteiger partial charge >= 0.3 is 0 Å². The number of benzene rings is 1. The fraction of sp³-hybridized carbons (Fsp3) is 0.462. The van der Waals surface area contributed by atoms with Gasteiger partial charge in [0.2, 0.25) is 0 Å². The first-order chi connectivity index (χ1) is 8.59. The Kier molecular flexibility index (Phi) is 4.09. The zero-order chi connectivity index (χ0) is 13.1. The summed E-state index contributed by atoms with van der Waals surface area (Å²) in [5, 5.41) is 7.97. The Morgan fingerprint density at radius 1 is 1.56 bits per heavy atom. The van der Waals surface area contributed by atoms with Crippen LogP contribution in [0.4, 0.5) is 0 Å². The van der Waals surface area contributed by atoms with Crippen molar-refractivity contribution in [1.29, 1.82) is 5.41 Å². The fourth-order valence-corrected chi connectivity index (χ4v) is 2.15. The number of nitrogens with one attached hydrogen (secondary N) is 1. The molecule has 0 amide bonds. The van der Waals surface area contributed by atoms with E-state index in [0.717, 1.165) is 12.6 Å². The Morgan fingerprint density at radius 2 is 2.28 bits per heavy atom. The standard InChI is InChI=1S/C13H18ClN3O/c1-17(9-5-6-9)7-8-18-11-4-2-3-10(14)12(11)13(15)16/h2-4,9H,5-8H2,1H3,(H3,15,16). The molecule has 0 saturated heterocycles. The van der Waals surface area contributed by atoms with E-state index in [-0.39, 0.29) is 5.84 Å². The predicted octanol–water partition coefficient (Wildman–Crippen LogP) is 2.10. The van der Waals surface area contributed by atoms with Crippen LogP contribution in [0.1, 0.15) is 18.4 Å². The van der Waals surface area contributed by atoms with Gasteiger partial charge in [0.25, 0.3) is 0 Å². The van der Waals surface area contributed by atoms with E-state index in [4.69, 9.17) is 27.5 Å². The fourth-order valence-electron chi connectivity index (χ4n) is 1.88. The molecule has 1 aliphatic carbocycles. The summed E-state index contributed by atoms with van der Waals surface area (Å²) in [4.78, 5) is 2.29. The van der Waals surface area contributed by atoms with E-state index >= 15 is 0 Å². The van der Waals surface area contributed by atoms with Crippen molar-refractivity contribution in [2.75, 3.05) is 20.2 Å². The molecule has 1 aromatic rings. The van der Waals surface area contributed by atoms with Gasteiger partial charge in [0.15, 0.2) is 0 Å². The molecule has 0 radical (unpaired) electrons. The molecule has 0 atom stereocenters. The maximum atomic E-state index is 7.52. The van der Waals surface area contributed by atoms with E-state index in [2.05, 4.69) is 11.9 Å². The Morgan fingerprint density at radius 3 is 2.89 bits per heavy atom. The van der Waals surface area contributed by atoms with Crippen LogP contribution in [0.15, 0.2) is 18.2 Å². The van der Waals surface area contributed by atoms with Gasteiger partial charge in [-0.2, -0.15) is 0 Å². The summed E-state index contributed by atoms with van der Waals surface area (Å²) in [7, 11) is 2.10. The summed E-state index contributed by atoms with van der Waals surface area (Å²) < 4.78 is 5.68. The van der Waals surface area contributed by atoms with Crippen LogP contribution in [0.5, 0.6) is 5.75 Å². The minimum Gasteiger partial charge on any atom is -0.491 e. The lowest BCUT2D eigenvalue weighted by Crippen LogP contribution is -2.26. The summed E-state index contributed by atoms with van der Waals surface area (Å²) in [5.74, 6) is 0.519. The quantitative estimate of drug-likeness (QED) is 0.613. The molecule has 0 heterocycles. The van der Waals surface area contributed by atoms with Crippen LogP contribution in [-0.4, -0.2) is 37.0 Å². The van der Waals surface area contributed by atoms with Gasteiger partial charge in [-0.25, -0.2) is 0 Å². The van der Waals surface area contributed by atoms with Crippen molar-refractivity contribution in [2.24, 2.45) is 5.73 Å². The maximum Gasteiger partial charge on any atom is 0.131 e. The van der Waals surface area contributed by atoms with Gasteiger partial charge in [0.05, 0.1) is 10.6 Å². The Labute approximate surface area is 112 Å². The van der Waals surface area contributed by atoms with Gasteiger partial charge in [-0.15, -0.1) is 0 Å². The number of halogens is 1. The number of rotatable bonds is 6. The Bertz CT molecular complexity index is 446. The van der Waals surface area contributed by atoms with Crippen molar-refractivity contribution >= 4 is 17.4 Å². The molecule has 1 aromatic carbocycles. The lowest BCUT2D eigenvalue weighted by molar-refractivity contribution is 0.231. The molecule has 0 aromatic heterocycles. The minimum atomic E-state index is -0.0638. The molecule has 5 heteroatoms. The van der Waals surface area contributed by atoms with E-state index in [1.54, 1.807) is 18.2 Å². The second kappa shape index (κ2) is 5.59. The highest BCUT2D eigenvalue weighted by Gasteiger charge is 2.25. The van der Waals surface area contributed by atoms with Crippen molar-refractivity contribution in [1.82, 2.24) is 4.90 Å². The number of hydrogen-bond acceptors (Lipinski definition) is 3. The van der Waals surface area contributed by atoms with Crippen LogP contribution >= 0.6 is 11.6 Å². The normalized spacial score (nSPS) is 14.8. The lowest BCUT2D eigenvalue weighted by atomic mass is 10.2. The number of hydrogen-bond donors (Lipinski definition) is 2. The molecule has 18 heavy (non-hydrogen) atoms. The molecule has 3 N–H and O–H groups in total. The van der Waals surface area contributed by atoms with E-state index in [1.807, 2.05) is 0 Å². The largest absolute Gasteiger partial charge is 0.491 e. The minimum absolute atomic E-state index is 0.0638. The zero-order valence-electron chi connectivity index (χ0n) is 10.4. The van der Waals surface area contributed by atoms with Crippen molar-refractivity contribution in [3.63, 3.8) is 0 Å². The third-order valence-corrected chi connectivity index (χ3v) is 3.43. The van der Waals surface area contributed by atoms with Crippen LogP contribution in [0, 0.1) is 5.41 Å². The topological polar surface area (TPSA) is 62.3 Å². The van der Waals surface area contributed by atoms with E-state index in [0.29, 0.717) is 22.9 Å². The number of nitrogens with zero attached hydrogens (tertiary/aromatic N) is 1. The summed E-state index contributed by atoms with van der Waals surface area (Å²) in [6.45, 7) is 1.45. The molecule has 1 saturated carbocycles. The molecule has 0 unspecified atom stereocenters. The third-order valence-electron chi connectivity index (χ3n) is 3.12. The van der Waals surface area contributed by atoms with Crippen LogP contribution in [-0.2, 0) is 0 Å². The highest BCUT2D eigenvalue weighted by Crippen LogP contribution is 2.27.